The SMILES string of the molecule is CC(C)c1nc(NC2CC2C)cc(=O)[nH]1. The topological polar surface area (TPSA) is 57.8 Å². The standard InChI is InChI=1S/C11H17N3O/c1-6(2)11-13-9(5-10(15)14-11)12-8-4-7(8)3/h5-8H,4H2,1-3H3,(H2,12,13,14,15). The Labute approximate surface area is 89.1 Å². The number of hydrogen-bond donors (Lipinski definition) is 2. The third-order valence-corrected chi connectivity index (χ3v) is 2.75. The van der Waals surface area contributed by atoms with E-state index in [-0.39, 0.29) is 11.5 Å². The molecule has 1 fully saturated rings. The van der Waals surface area contributed by atoms with E-state index < -0.39 is 0 Å². The summed E-state index contributed by atoms with van der Waals surface area (Å²) in [5.74, 6) is 2.40. The van der Waals surface area contributed by atoms with Crippen LogP contribution in [-0.2, 0) is 0 Å². The van der Waals surface area contributed by atoms with Gasteiger partial charge >= 0.3 is 0 Å². The summed E-state index contributed by atoms with van der Waals surface area (Å²) >= 11 is 0. The molecule has 0 spiro atoms. The minimum Gasteiger partial charge on any atom is -0.367 e. The average molecular weight is 207 g/mol. The number of nitrogens with zero attached hydrogens (tertiary/aromatic N) is 1. The van der Waals surface area contributed by atoms with Crippen molar-refractivity contribution in [1.29, 1.82) is 0 Å². The van der Waals surface area contributed by atoms with E-state index in [4.69, 9.17) is 0 Å². The Morgan fingerprint density at radius 3 is 2.80 bits per heavy atom. The van der Waals surface area contributed by atoms with Gasteiger partial charge in [0.15, 0.2) is 0 Å². The second-order valence-electron chi connectivity index (χ2n) is 4.63. The fourth-order valence-corrected chi connectivity index (χ4v) is 1.54. The van der Waals surface area contributed by atoms with E-state index in [1.54, 1.807) is 0 Å². The zero-order valence-corrected chi connectivity index (χ0v) is 9.37. The molecule has 82 valence electrons. The van der Waals surface area contributed by atoms with Gasteiger partial charge in [0.2, 0.25) is 0 Å². The van der Waals surface area contributed by atoms with Crippen molar-refractivity contribution in [2.24, 2.45) is 5.92 Å². The first-order valence-electron chi connectivity index (χ1n) is 5.44. The van der Waals surface area contributed by atoms with Gasteiger partial charge in [-0.05, 0) is 12.3 Å². The van der Waals surface area contributed by atoms with Gasteiger partial charge in [-0.1, -0.05) is 20.8 Å². The largest absolute Gasteiger partial charge is 0.367 e. The quantitative estimate of drug-likeness (QED) is 0.793. The highest BCUT2D eigenvalue weighted by atomic mass is 16.1. The predicted molar refractivity (Wildman–Crippen MR) is 60.1 cm³/mol. The molecular weight excluding hydrogens is 190 g/mol. The Kier molecular flexibility index (Phi) is 2.50. The number of nitrogens with one attached hydrogen (secondary N) is 2. The molecule has 1 aromatic rings. The monoisotopic (exact) mass is 207 g/mol. The van der Waals surface area contributed by atoms with Crippen LogP contribution in [0, 0.1) is 5.92 Å². The van der Waals surface area contributed by atoms with Crippen molar-refractivity contribution in [2.45, 2.75) is 39.2 Å². The van der Waals surface area contributed by atoms with Crippen LogP contribution in [0.25, 0.3) is 0 Å². The van der Waals surface area contributed by atoms with E-state index >= 15 is 0 Å². The molecule has 4 heteroatoms. The third-order valence-electron chi connectivity index (χ3n) is 2.75. The second-order valence-corrected chi connectivity index (χ2v) is 4.63. The molecule has 1 heterocycles. The number of hydrogen-bond acceptors (Lipinski definition) is 3. The van der Waals surface area contributed by atoms with Crippen molar-refractivity contribution in [3.8, 4) is 0 Å². The maximum Gasteiger partial charge on any atom is 0.252 e. The Morgan fingerprint density at radius 1 is 1.60 bits per heavy atom. The molecule has 2 rings (SSSR count). The fourth-order valence-electron chi connectivity index (χ4n) is 1.54. The van der Waals surface area contributed by atoms with Gasteiger partial charge in [-0.3, -0.25) is 4.79 Å². The minimum absolute atomic E-state index is 0.0792. The molecule has 0 saturated heterocycles. The van der Waals surface area contributed by atoms with Crippen LogP contribution in [-0.4, -0.2) is 16.0 Å². The van der Waals surface area contributed by atoms with Crippen LogP contribution in [0.4, 0.5) is 5.82 Å². The zero-order valence-electron chi connectivity index (χ0n) is 9.37. The lowest BCUT2D eigenvalue weighted by atomic mass is 10.2. The molecule has 0 amide bonds. The maximum absolute atomic E-state index is 11.4. The van der Waals surface area contributed by atoms with Gasteiger partial charge in [-0.25, -0.2) is 4.98 Å². The first-order chi connectivity index (χ1) is 7.06. The summed E-state index contributed by atoms with van der Waals surface area (Å²) < 4.78 is 0. The molecular formula is C11H17N3O. The molecule has 1 aromatic heterocycles. The van der Waals surface area contributed by atoms with Crippen molar-refractivity contribution in [2.75, 3.05) is 5.32 Å². The summed E-state index contributed by atoms with van der Waals surface area (Å²) in [5.41, 5.74) is -0.0792. The van der Waals surface area contributed by atoms with Crippen LogP contribution in [0.2, 0.25) is 0 Å². The van der Waals surface area contributed by atoms with Crippen LogP contribution in [0.5, 0.6) is 0 Å². The highest BCUT2D eigenvalue weighted by Gasteiger charge is 2.32. The van der Waals surface area contributed by atoms with E-state index in [1.807, 2.05) is 13.8 Å². The minimum atomic E-state index is -0.0792. The van der Waals surface area contributed by atoms with Gasteiger partial charge < -0.3 is 10.3 Å². The van der Waals surface area contributed by atoms with Gasteiger partial charge in [0, 0.05) is 18.0 Å². The molecule has 2 unspecified atom stereocenters. The summed E-state index contributed by atoms with van der Waals surface area (Å²) in [7, 11) is 0. The molecule has 0 aromatic carbocycles. The molecule has 2 N–H and O–H groups in total. The number of aromatic nitrogens is 2. The summed E-state index contributed by atoms with van der Waals surface area (Å²) in [6, 6.07) is 2.02. The lowest BCUT2D eigenvalue weighted by Gasteiger charge is -2.08. The molecule has 1 aliphatic carbocycles. The number of rotatable bonds is 3. The van der Waals surface area contributed by atoms with Gasteiger partial charge in [0.1, 0.15) is 11.6 Å². The van der Waals surface area contributed by atoms with Crippen molar-refractivity contribution in [1.82, 2.24) is 9.97 Å². The highest BCUT2D eigenvalue weighted by Crippen LogP contribution is 2.31. The van der Waals surface area contributed by atoms with Gasteiger partial charge in [0.25, 0.3) is 5.56 Å². The number of H-pyrrole nitrogens is 1. The van der Waals surface area contributed by atoms with E-state index in [9.17, 15) is 4.79 Å². The maximum atomic E-state index is 11.4. The Bertz CT molecular complexity index is 411. The van der Waals surface area contributed by atoms with Crippen LogP contribution in [0.15, 0.2) is 10.9 Å². The Balaban J connectivity index is 2.20. The number of aromatic amines is 1. The molecule has 1 saturated carbocycles. The molecule has 4 nitrogen and oxygen atoms in total. The highest BCUT2D eigenvalue weighted by molar-refractivity contribution is 5.36. The van der Waals surface area contributed by atoms with Crippen LogP contribution < -0.4 is 10.9 Å². The van der Waals surface area contributed by atoms with E-state index in [0.717, 1.165) is 5.82 Å². The third kappa shape index (κ3) is 2.37. The molecule has 15 heavy (non-hydrogen) atoms. The van der Waals surface area contributed by atoms with E-state index in [2.05, 4.69) is 22.2 Å². The molecule has 0 aliphatic heterocycles. The van der Waals surface area contributed by atoms with Crippen molar-refractivity contribution >= 4 is 5.82 Å². The lowest BCUT2D eigenvalue weighted by molar-refractivity contribution is 0.765. The van der Waals surface area contributed by atoms with E-state index in [1.165, 1.54) is 12.5 Å². The lowest BCUT2D eigenvalue weighted by Crippen LogP contribution is -2.15. The predicted octanol–water partition coefficient (Wildman–Crippen LogP) is 1.71. The first kappa shape index (κ1) is 10.2. The summed E-state index contributed by atoms with van der Waals surface area (Å²) in [4.78, 5) is 18.5. The Morgan fingerprint density at radius 2 is 2.27 bits per heavy atom. The van der Waals surface area contributed by atoms with Crippen molar-refractivity contribution in [3.05, 3.63) is 22.2 Å². The Hall–Kier alpha value is -1.32. The van der Waals surface area contributed by atoms with Crippen LogP contribution in [0.1, 0.15) is 38.9 Å². The van der Waals surface area contributed by atoms with Gasteiger partial charge in [-0.2, -0.15) is 0 Å². The summed E-state index contributed by atoms with van der Waals surface area (Å²) in [6.45, 7) is 6.22. The molecule has 2 atom stereocenters. The molecule has 0 bridgehead atoms. The normalized spacial score (nSPS) is 24.3. The van der Waals surface area contributed by atoms with Crippen LogP contribution >= 0.6 is 0 Å². The summed E-state index contributed by atoms with van der Waals surface area (Å²) in [5, 5.41) is 3.27. The van der Waals surface area contributed by atoms with Gasteiger partial charge in [-0.15, -0.1) is 0 Å². The van der Waals surface area contributed by atoms with Crippen molar-refractivity contribution < 1.29 is 0 Å². The average Bonchev–Trinajstić information content (AvgIpc) is 2.80. The van der Waals surface area contributed by atoms with E-state index in [0.29, 0.717) is 17.8 Å². The molecule has 0 radical (unpaired) electrons. The molecule has 1 aliphatic rings. The number of anilines is 1. The first-order valence-corrected chi connectivity index (χ1v) is 5.44. The van der Waals surface area contributed by atoms with Gasteiger partial charge in [0.05, 0.1) is 0 Å². The van der Waals surface area contributed by atoms with Crippen molar-refractivity contribution in [3.63, 3.8) is 0 Å². The smallest absolute Gasteiger partial charge is 0.252 e. The zero-order chi connectivity index (χ0) is 11.0. The van der Waals surface area contributed by atoms with Crippen LogP contribution in [0.3, 0.4) is 0 Å². The fraction of sp³-hybridized carbons (Fsp3) is 0.636. The second kappa shape index (κ2) is 3.68. The summed E-state index contributed by atoms with van der Waals surface area (Å²) in [6.07, 6.45) is 1.17.